The van der Waals surface area contributed by atoms with E-state index in [2.05, 4.69) is 4.98 Å². The van der Waals surface area contributed by atoms with E-state index < -0.39 is 7.32 Å². The fourth-order valence-corrected chi connectivity index (χ4v) is 1.40. The van der Waals surface area contributed by atoms with E-state index in [9.17, 15) is 0 Å². The average molecular weight is 283 g/mol. The second-order valence-electron chi connectivity index (χ2n) is 4.65. The lowest BCUT2D eigenvalue weighted by Gasteiger charge is -2.20. The minimum atomic E-state index is -0.823. The van der Waals surface area contributed by atoms with E-state index in [1.54, 1.807) is 6.07 Å². The van der Waals surface area contributed by atoms with E-state index >= 15 is 0 Å². The Balaban J connectivity index is 2.90. The van der Waals surface area contributed by atoms with Crippen molar-refractivity contribution < 1.29 is 23.4 Å². The molecule has 0 amide bonds. The molecule has 0 aliphatic carbocycles. The van der Waals surface area contributed by atoms with Crippen molar-refractivity contribution in [3.63, 3.8) is 0 Å². The largest absolute Gasteiger partial charge is 0.713 e. The fourth-order valence-electron chi connectivity index (χ4n) is 1.40. The maximum absolute atomic E-state index is 5.71. The van der Waals surface area contributed by atoms with Gasteiger partial charge in [-0.1, -0.05) is 0 Å². The van der Waals surface area contributed by atoms with Gasteiger partial charge in [0, 0.05) is 18.3 Å². The van der Waals surface area contributed by atoms with Crippen molar-refractivity contribution in [3.05, 3.63) is 12.3 Å². The van der Waals surface area contributed by atoms with Crippen LogP contribution in [0.4, 0.5) is 0 Å². The van der Waals surface area contributed by atoms with Crippen LogP contribution in [0.3, 0.4) is 0 Å². The first-order chi connectivity index (χ1) is 9.46. The third kappa shape index (κ3) is 5.26. The molecule has 1 rings (SSSR count). The second-order valence-corrected chi connectivity index (χ2v) is 4.65. The molecule has 0 radical (unpaired) electrons. The van der Waals surface area contributed by atoms with E-state index in [-0.39, 0.29) is 12.2 Å². The highest BCUT2D eigenvalue weighted by Gasteiger charge is 2.28. The zero-order valence-corrected chi connectivity index (χ0v) is 12.9. The summed E-state index contributed by atoms with van der Waals surface area (Å²) in [6.45, 7) is 7.63. The van der Waals surface area contributed by atoms with Crippen LogP contribution in [0.25, 0.3) is 0 Å². The van der Waals surface area contributed by atoms with Crippen LogP contribution >= 0.6 is 0 Å². The minimum Gasteiger partial charge on any atom is -0.509 e. The van der Waals surface area contributed by atoms with Crippen molar-refractivity contribution in [3.8, 4) is 17.4 Å². The Morgan fingerprint density at radius 2 is 1.55 bits per heavy atom. The molecule has 0 unspecified atom stereocenters. The monoisotopic (exact) mass is 283 g/mol. The Bertz CT molecular complexity index is 404. The number of nitrogens with zero attached hydrogens (tertiary/aromatic N) is 1. The summed E-state index contributed by atoms with van der Waals surface area (Å²) in [7, 11) is 2.25. The lowest BCUT2D eigenvalue weighted by molar-refractivity contribution is 0.0840. The molecule has 0 N–H and O–H groups in total. The van der Waals surface area contributed by atoms with E-state index in [4.69, 9.17) is 23.4 Å². The van der Waals surface area contributed by atoms with Crippen LogP contribution in [0.2, 0.25) is 0 Å². The molecule has 0 fully saturated rings. The van der Waals surface area contributed by atoms with Crippen LogP contribution in [-0.2, 0) is 9.31 Å². The Morgan fingerprint density at radius 1 is 0.950 bits per heavy atom. The molecule has 1 aromatic rings. The molecule has 6 nitrogen and oxygen atoms in total. The summed E-state index contributed by atoms with van der Waals surface area (Å²) < 4.78 is 27.1. The molecule has 112 valence electrons. The van der Waals surface area contributed by atoms with Crippen LogP contribution in [0.1, 0.15) is 27.7 Å². The highest BCUT2D eigenvalue weighted by molar-refractivity contribution is 6.37. The summed E-state index contributed by atoms with van der Waals surface area (Å²) in [4.78, 5) is 4.05. The van der Waals surface area contributed by atoms with Gasteiger partial charge in [-0.25, -0.2) is 4.98 Å². The number of pyridine rings is 1. The molecule has 0 aliphatic rings. The van der Waals surface area contributed by atoms with Gasteiger partial charge in [-0.05, 0) is 27.7 Å². The molecule has 7 heteroatoms. The van der Waals surface area contributed by atoms with E-state index in [0.29, 0.717) is 17.4 Å². The fraction of sp³-hybridized carbons (Fsp3) is 0.615. The summed E-state index contributed by atoms with van der Waals surface area (Å²) in [5.41, 5.74) is 0. The maximum atomic E-state index is 5.71. The predicted octanol–water partition coefficient (Wildman–Crippen LogP) is 2.31. The maximum Gasteiger partial charge on any atom is 0.713 e. The zero-order valence-electron chi connectivity index (χ0n) is 12.9. The average Bonchev–Trinajstić information content (AvgIpc) is 2.37. The Labute approximate surface area is 120 Å². The van der Waals surface area contributed by atoms with Gasteiger partial charge < -0.3 is 23.4 Å². The first-order valence-corrected chi connectivity index (χ1v) is 6.51. The number of ether oxygens (including phenoxy) is 2. The summed E-state index contributed by atoms with van der Waals surface area (Å²) in [6.07, 6.45) is 1.46. The van der Waals surface area contributed by atoms with Crippen molar-refractivity contribution in [2.75, 3.05) is 14.2 Å². The molecule has 20 heavy (non-hydrogen) atoms. The Hall–Kier alpha value is -1.47. The van der Waals surface area contributed by atoms with Gasteiger partial charge in [-0.3, -0.25) is 0 Å². The van der Waals surface area contributed by atoms with E-state index in [0.717, 1.165) is 0 Å². The first-order valence-electron chi connectivity index (χ1n) is 6.51. The smallest absolute Gasteiger partial charge is 0.509 e. The van der Waals surface area contributed by atoms with Crippen molar-refractivity contribution in [2.24, 2.45) is 0 Å². The van der Waals surface area contributed by atoms with Crippen LogP contribution in [0.5, 0.6) is 17.4 Å². The second kappa shape index (κ2) is 7.96. The number of aromatic nitrogens is 1. The molecule has 0 bridgehead atoms. The number of hydrogen-bond acceptors (Lipinski definition) is 6. The molecule has 0 saturated carbocycles. The lowest BCUT2D eigenvalue weighted by Crippen LogP contribution is -2.35. The third-order valence-corrected chi connectivity index (χ3v) is 2.23. The molecular formula is C13H22BNO5. The normalized spacial score (nSPS) is 10.8. The number of hydrogen-bond donors (Lipinski definition) is 0. The first kappa shape index (κ1) is 16.6. The molecule has 0 atom stereocenters. The molecule has 1 aromatic heterocycles. The zero-order chi connectivity index (χ0) is 15.1. The van der Waals surface area contributed by atoms with Crippen molar-refractivity contribution in [2.45, 2.75) is 39.9 Å². The summed E-state index contributed by atoms with van der Waals surface area (Å²) in [5, 5.41) is 0. The molecule has 0 aromatic carbocycles. The molecule has 1 heterocycles. The quantitative estimate of drug-likeness (QED) is 0.682. The van der Waals surface area contributed by atoms with Gasteiger partial charge in [0.05, 0.1) is 20.4 Å². The third-order valence-electron chi connectivity index (χ3n) is 2.23. The number of rotatable bonds is 8. The summed E-state index contributed by atoms with van der Waals surface area (Å²) in [6, 6.07) is 1.62. The van der Waals surface area contributed by atoms with E-state index in [1.807, 2.05) is 27.7 Å². The number of methoxy groups -OCH3 is 2. The van der Waals surface area contributed by atoms with Gasteiger partial charge in [0.2, 0.25) is 5.88 Å². The molecular weight excluding hydrogens is 261 g/mol. The van der Waals surface area contributed by atoms with E-state index in [1.165, 1.54) is 20.4 Å². The van der Waals surface area contributed by atoms with Gasteiger partial charge >= 0.3 is 7.32 Å². The highest BCUT2D eigenvalue weighted by atomic mass is 16.7. The Kier molecular flexibility index (Phi) is 6.61. The van der Waals surface area contributed by atoms with Gasteiger partial charge in [-0.15, -0.1) is 0 Å². The van der Waals surface area contributed by atoms with Gasteiger partial charge in [0.1, 0.15) is 0 Å². The molecule has 0 saturated heterocycles. The van der Waals surface area contributed by atoms with Gasteiger partial charge in [0.25, 0.3) is 0 Å². The van der Waals surface area contributed by atoms with Gasteiger partial charge in [-0.2, -0.15) is 0 Å². The minimum absolute atomic E-state index is 0.0338. The van der Waals surface area contributed by atoms with Crippen LogP contribution < -0.4 is 14.1 Å². The lowest BCUT2D eigenvalue weighted by atomic mass is 10.2. The highest BCUT2D eigenvalue weighted by Crippen LogP contribution is 2.30. The topological polar surface area (TPSA) is 59.0 Å². The summed E-state index contributed by atoms with van der Waals surface area (Å²) >= 11 is 0. The van der Waals surface area contributed by atoms with Crippen LogP contribution in [-0.4, -0.2) is 38.7 Å². The van der Waals surface area contributed by atoms with Crippen molar-refractivity contribution >= 4 is 7.32 Å². The Morgan fingerprint density at radius 3 is 2.00 bits per heavy atom. The molecule has 0 spiro atoms. The van der Waals surface area contributed by atoms with Crippen LogP contribution in [0.15, 0.2) is 12.3 Å². The standard InChI is InChI=1S/C13H22BNO5/c1-9(2)18-14(19-10(3)4)20-11-7-13(17-6)15-8-12(11)16-5/h7-10H,1-6H3. The predicted molar refractivity (Wildman–Crippen MR) is 76.2 cm³/mol. The van der Waals surface area contributed by atoms with Crippen molar-refractivity contribution in [1.29, 1.82) is 0 Å². The van der Waals surface area contributed by atoms with Gasteiger partial charge in [0.15, 0.2) is 11.5 Å². The molecule has 0 aliphatic heterocycles. The van der Waals surface area contributed by atoms with Crippen molar-refractivity contribution in [1.82, 2.24) is 4.98 Å². The SMILES string of the molecule is COc1cc(OB(OC(C)C)OC(C)C)c(OC)cn1. The summed E-state index contributed by atoms with van der Waals surface area (Å²) in [5.74, 6) is 1.36. The van der Waals surface area contributed by atoms with Crippen LogP contribution in [0, 0.1) is 0 Å².